The second-order valence-electron chi connectivity index (χ2n) is 4.63. The lowest BCUT2D eigenvalue weighted by Crippen LogP contribution is -2.17. The highest BCUT2D eigenvalue weighted by molar-refractivity contribution is 5.48. The highest BCUT2D eigenvalue weighted by Crippen LogP contribution is 2.23. The van der Waals surface area contributed by atoms with E-state index >= 15 is 0 Å². The zero-order valence-electron chi connectivity index (χ0n) is 11.7. The molecule has 21 heavy (non-hydrogen) atoms. The van der Waals surface area contributed by atoms with Crippen LogP contribution in [0.3, 0.4) is 0 Å². The largest absolute Gasteiger partial charge is 0.573 e. The number of hydrogen-bond donors (Lipinski definition) is 1. The highest BCUT2D eigenvalue weighted by atomic mass is 19.4. The first kappa shape index (κ1) is 15.2. The van der Waals surface area contributed by atoms with Crippen LogP contribution in [0.5, 0.6) is 5.75 Å². The Morgan fingerprint density at radius 1 is 1.05 bits per heavy atom. The maximum absolute atomic E-state index is 12.0. The number of ether oxygens (including phenoxy) is 1. The van der Waals surface area contributed by atoms with Crippen LogP contribution in [0, 0.1) is 13.8 Å². The molecular formula is C15H15F3N2O. The first-order valence-corrected chi connectivity index (χ1v) is 6.36. The van der Waals surface area contributed by atoms with Crippen LogP contribution in [-0.2, 0) is 6.54 Å². The summed E-state index contributed by atoms with van der Waals surface area (Å²) in [6.07, 6.45) is -4.66. The van der Waals surface area contributed by atoms with E-state index in [0.717, 1.165) is 22.6 Å². The Morgan fingerprint density at radius 3 is 2.29 bits per heavy atom. The molecule has 0 aliphatic carbocycles. The number of nitrogens with one attached hydrogen (secondary N) is 1. The van der Waals surface area contributed by atoms with E-state index in [1.807, 2.05) is 26.0 Å². The molecule has 0 unspecified atom stereocenters. The lowest BCUT2D eigenvalue weighted by molar-refractivity contribution is -0.274. The van der Waals surface area contributed by atoms with E-state index < -0.39 is 6.36 Å². The summed E-state index contributed by atoms with van der Waals surface area (Å²) in [4.78, 5) is 4.33. The van der Waals surface area contributed by atoms with Gasteiger partial charge >= 0.3 is 6.36 Å². The molecule has 0 aliphatic heterocycles. The Hall–Kier alpha value is -2.24. The van der Waals surface area contributed by atoms with Gasteiger partial charge in [-0.05, 0) is 43.7 Å². The smallest absolute Gasteiger partial charge is 0.406 e. The van der Waals surface area contributed by atoms with Crippen molar-refractivity contribution in [3.63, 3.8) is 0 Å². The molecule has 0 spiro atoms. The summed E-state index contributed by atoms with van der Waals surface area (Å²) in [5.74, 6) is -0.223. The standard InChI is InChI=1S/C15H15F3N2O/c1-10-3-8-14(11(2)20-10)19-9-12-4-6-13(7-5-12)21-15(16,17)18/h3-8,19H,9H2,1-2H3. The van der Waals surface area contributed by atoms with Gasteiger partial charge in [-0.3, -0.25) is 4.98 Å². The fraction of sp³-hybridized carbons (Fsp3) is 0.267. The van der Waals surface area contributed by atoms with Crippen LogP contribution < -0.4 is 10.1 Å². The van der Waals surface area contributed by atoms with Gasteiger partial charge in [0.25, 0.3) is 0 Å². The third kappa shape index (κ3) is 4.66. The monoisotopic (exact) mass is 296 g/mol. The lowest BCUT2D eigenvalue weighted by Gasteiger charge is -2.11. The van der Waals surface area contributed by atoms with Crippen LogP contribution >= 0.6 is 0 Å². The van der Waals surface area contributed by atoms with Crippen LogP contribution in [0.2, 0.25) is 0 Å². The van der Waals surface area contributed by atoms with Crippen molar-refractivity contribution in [1.29, 1.82) is 0 Å². The number of hydrogen-bond acceptors (Lipinski definition) is 3. The van der Waals surface area contributed by atoms with Crippen molar-refractivity contribution < 1.29 is 17.9 Å². The molecule has 1 aromatic carbocycles. The Morgan fingerprint density at radius 2 is 1.71 bits per heavy atom. The van der Waals surface area contributed by atoms with E-state index in [1.54, 1.807) is 12.1 Å². The second kappa shape index (κ2) is 6.03. The minimum absolute atomic E-state index is 0.223. The molecule has 1 aromatic heterocycles. The quantitative estimate of drug-likeness (QED) is 0.917. The molecule has 2 aromatic rings. The summed E-state index contributed by atoms with van der Waals surface area (Å²) >= 11 is 0. The van der Waals surface area contributed by atoms with Crippen molar-refractivity contribution in [1.82, 2.24) is 4.98 Å². The van der Waals surface area contributed by atoms with E-state index in [1.165, 1.54) is 12.1 Å². The predicted octanol–water partition coefficient (Wildman–Crippen LogP) is 4.21. The van der Waals surface area contributed by atoms with Gasteiger partial charge in [-0.2, -0.15) is 0 Å². The number of anilines is 1. The van der Waals surface area contributed by atoms with Gasteiger partial charge in [0.15, 0.2) is 0 Å². The van der Waals surface area contributed by atoms with E-state index in [2.05, 4.69) is 15.0 Å². The van der Waals surface area contributed by atoms with Gasteiger partial charge in [-0.1, -0.05) is 12.1 Å². The number of pyridine rings is 1. The molecule has 3 nitrogen and oxygen atoms in total. The summed E-state index contributed by atoms with van der Waals surface area (Å²) in [6, 6.07) is 9.60. The minimum Gasteiger partial charge on any atom is -0.406 e. The molecule has 112 valence electrons. The average molecular weight is 296 g/mol. The van der Waals surface area contributed by atoms with Gasteiger partial charge in [0.1, 0.15) is 5.75 Å². The number of rotatable bonds is 4. The normalized spacial score (nSPS) is 11.3. The molecule has 2 rings (SSSR count). The number of aromatic nitrogens is 1. The second-order valence-corrected chi connectivity index (χ2v) is 4.63. The number of aryl methyl sites for hydroxylation is 2. The SMILES string of the molecule is Cc1ccc(NCc2ccc(OC(F)(F)F)cc2)c(C)n1. The Labute approximate surface area is 120 Å². The average Bonchev–Trinajstić information content (AvgIpc) is 2.38. The first-order chi connectivity index (χ1) is 9.83. The summed E-state index contributed by atoms with van der Waals surface area (Å²) in [5, 5.41) is 3.20. The molecule has 0 atom stereocenters. The Bertz CT molecular complexity index is 609. The zero-order chi connectivity index (χ0) is 15.5. The first-order valence-electron chi connectivity index (χ1n) is 6.36. The molecule has 0 aliphatic rings. The van der Waals surface area contributed by atoms with Crippen molar-refractivity contribution in [3.8, 4) is 5.75 Å². The van der Waals surface area contributed by atoms with Crippen molar-refractivity contribution in [2.75, 3.05) is 5.32 Å². The van der Waals surface area contributed by atoms with Gasteiger partial charge in [0, 0.05) is 12.2 Å². The van der Waals surface area contributed by atoms with Crippen molar-refractivity contribution in [3.05, 3.63) is 53.3 Å². The molecule has 1 heterocycles. The summed E-state index contributed by atoms with van der Waals surface area (Å²) in [7, 11) is 0. The van der Waals surface area contributed by atoms with Crippen molar-refractivity contribution >= 4 is 5.69 Å². The predicted molar refractivity (Wildman–Crippen MR) is 74.2 cm³/mol. The van der Waals surface area contributed by atoms with Crippen LogP contribution in [0.4, 0.5) is 18.9 Å². The van der Waals surface area contributed by atoms with E-state index in [0.29, 0.717) is 6.54 Å². The number of halogens is 3. The summed E-state index contributed by atoms with van der Waals surface area (Å²) in [6.45, 7) is 4.31. The fourth-order valence-electron chi connectivity index (χ4n) is 1.88. The van der Waals surface area contributed by atoms with E-state index in [-0.39, 0.29) is 5.75 Å². The zero-order valence-corrected chi connectivity index (χ0v) is 11.7. The topological polar surface area (TPSA) is 34.1 Å². The van der Waals surface area contributed by atoms with Gasteiger partial charge in [0.2, 0.25) is 0 Å². The van der Waals surface area contributed by atoms with Crippen LogP contribution in [-0.4, -0.2) is 11.3 Å². The molecule has 0 saturated heterocycles. The Kier molecular flexibility index (Phi) is 4.35. The van der Waals surface area contributed by atoms with Gasteiger partial charge in [-0.25, -0.2) is 0 Å². The number of benzene rings is 1. The maximum atomic E-state index is 12.0. The molecule has 1 N–H and O–H groups in total. The maximum Gasteiger partial charge on any atom is 0.573 e. The third-order valence-corrected chi connectivity index (χ3v) is 2.86. The van der Waals surface area contributed by atoms with Gasteiger partial charge in [0.05, 0.1) is 11.4 Å². The van der Waals surface area contributed by atoms with E-state index in [4.69, 9.17) is 0 Å². The molecular weight excluding hydrogens is 281 g/mol. The van der Waals surface area contributed by atoms with Crippen LogP contribution in [0.15, 0.2) is 36.4 Å². The molecule has 0 radical (unpaired) electrons. The fourth-order valence-corrected chi connectivity index (χ4v) is 1.88. The van der Waals surface area contributed by atoms with E-state index in [9.17, 15) is 13.2 Å². The summed E-state index contributed by atoms with van der Waals surface area (Å²) in [5.41, 5.74) is 3.57. The number of nitrogens with zero attached hydrogens (tertiary/aromatic N) is 1. The molecule has 0 amide bonds. The third-order valence-electron chi connectivity index (χ3n) is 2.86. The lowest BCUT2D eigenvalue weighted by atomic mass is 10.2. The van der Waals surface area contributed by atoms with Crippen molar-refractivity contribution in [2.45, 2.75) is 26.8 Å². The molecule has 6 heteroatoms. The highest BCUT2D eigenvalue weighted by Gasteiger charge is 2.30. The van der Waals surface area contributed by atoms with Gasteiger partial charge < -0.3 is 10.1 Å². The minimum atomic E-state index is -4.66. The molecule has 0 bridgehead atoms. The molecule has 0 fully saturated rings. The van der Waals surface area contributed by atoms with Crippen molar-refractivity contribution in [2.24, 2.45) is 0 Å². The van der Waals surface area contributed by atoms with Crippen LogP contribution in [0.25, 0.3) is 0 Å². The number of alkyl halides is 3. The Balaban J connectivity index is 1.97. The summed E-state index contributed by atoms with van der Waals surface area (Å²) < 4.78 is 40.0. The molecule has 0 saturated carbocycles. The van der Waals surface area contributed by atoms with Gasteiger partial charge in [-0.15, -0.1) is 13.2 Å². The van der Waals surface area contributed by atoms with Crippen LogP contribution in [0.1, 0.15) is 17.0 Å².